The van der Waals surface area contributed by atoms with Crippen molar-refractivity contribution in [3.05, 3.63) is 70.8 Å². The first-order valence-electron chi connectivity index (χ1n) is 9.12. The lowest BCUT2D eigenvalue weighted by atomic mass is 10.2. The van der Waals surface area contributed by atoms with Crippen molar-refractivity contribution in [2.45, 2.75) is 13.5 Å². The molecule has 3 N–H and O–H groups in total. The van der Waals surface area contributed by atoms with E-state index in [4.69, 9.17) is 10.2 Å². The molecule has 1 heterocycles. The van der Waals surface area contributed by atoms with Gasteiger partial charge in [0.25, 0.3) is 0 Å². The van der Waals surface area contributed by atoms with Crippen LogP contribution in [0.1, 0.15) is 12.5 Å². The number of carbonyl (C=O) groups is 2. The summed E-state index contributed by atoms with van der Waals surface area (Å²) in [5, 5.41) is 19.1. The van der Waals surface area contributed by atoms with Crippen LogP contribution >= 0.6 is 15.9 Å². The van der Waals surface area contributed by atoms with Crippen LogP contribution in [0.25, 0.3) is 0 Å². The van der Waals surface area contributed by atoms with Crippen LogP contribution in [0.3, 0.4) is 0 Å². The first-order chi connectivity index (χ1) is 13.8. The monoisotopic (exact) mass is 464 g/mol. The SMILES string of the molecule is CC[N+](C)(CCNCc1ccc(Br)cc1)c1ccccn1.O=C(O)/C=C\C(=O)O. The number of benzene rings is 1. The number of nitrogens with one attached hydrogen (secondary N) is 1. The second-order valence-corrected chi connectivity index (χ2v) is 7.35. The van der Waals surface area contributed by atoms with E-state index in [0.717, 1.165) is 41.0 Å². The molecule has 8 heteroatoms. The third-order valence-corrected chi connectivity index (χ3v) is 4.82. The zero-order chi connectivity index (χ0) is 21.7. The van der Waals surface area contributed by atoms with Gasteiger partial charge in [0.2, 0.25) is 5.82 Å². The molecule has 0 aliphatic carbocycles. The second-order valence-electron chi connectivity index (χ2n) is 6.44. The number of aliphatic carboxylic acids is 2. The van der Waals surface area contributed by atoms with Crippen molar-refractivity contribution in [1.82, 2.24) is 14.8 Å². The van der Waals surface area contributed by atoms with Crippen LogP contribution in [0, 0.1) is 0 Å². The van der Waals surface area contributed by atoms with Crippen LogP contribution in [0.2, 0.25) is 0 Å². The van der Waals surface area contributed by atoms with Gasteiger partial charge < -0.3 is 15.5 Å². The van der Waals surface area contributed by atoms with Gasteiger partial charge in [-0.15, -0.1) is 0 Å². The van der Waals surface area contributed by atoms with E-state index in [2.05, 4.69) is 76.6 Å². The first kappa shape index (κ1) is 24.5. The molecular formula is C21H27BrN3O4+. The number of hydrogen-bond acceptors (Lipinski definition) is 4. The van der Waals surface area contributed by atoms with Gasteiger partial charge in [0.1, 0.15) is 0 Å². The van der Waals surface area contributed by atoms with E-state index in [1.807, 2.05) is 12.3 Å². The maximum Gasteiger partial charge on any atom is 0.328 e. The van der Waals surface area contributed by atoms with Crippen molar-refractivity contribution in [3.63, 3.8) is 0 Å². The lowest BCUT2D eigenvalue weighted by Gasteiger charge is -2.31. The first-order valence-corrected chi connectivity index (χ1v) is 9.91. The number of quaternary nitrogens is 1. The van der Waals surface area contributed by atoms with E-state index in [-0.39, 0.29) is 0 Å². The van der Waals surface area contributed by atoms with Gasteiger partial charge in [-0.25, -0.2) is 14.6 Å². The average molecular weight is 465 g/mol. The van der Waals surface area contributed by atoms with Crippen molar-refractivity contribution in [1.29, 1.82) is 0 Å². The molecule has 1 aromatic carbocycles. The fraction of sp³-hybridized carbons (Fsp3) is 0.286. The van der Waals surface area contributed by atoms with E-state index in [1.165, 1.54) is 5.56 Å². The summed E-state index contributed by atoms with van der Waals surface area (Å²) >= 11 is 3.46. The van der Waals surface area contributed by atoms with Gasteiger partial charge in [0, 0.05) is 42.0 Å². The highest BCUT2D eigenvalue weighted by Crippen LogP contribution is 2.16. The van der Waals surface area contributed by atoms with E-state index in [0.29, 0.717) is 12.2 Å². The molecule has 0 spiro atoms. The highest BCUT2D eigenvalue weighted by atomic mass is 79.9. The van der Waals surface area contributed by atoms with Crippen LogP contribution in [-0.2, 0) is 16.1 Å². The molecule has 156 valence electrons. The summed E-state index contributed by atoms with van der Waals surface area (Å²) in [6.07, 6.45) is 2.99. The van der Waals surface area contributed by atoms with Crippen molar-refractivity contribution in [2.24, 2.45) is 0 Å². The van der Waals surface area contributed by atoms with E-state index in [1.54, 1.807) is 0 Å². The molecule has 1 aromatic heterocycles. The minimum absolute atomic E-state index is 0.558. The Morgan fingerprint density at radius 3 is 2.21 bits per heavy atom. The van der Waals surface area contributed by atoms with E-state index >= 15 is 0 Å². The topological polar surface area (TPSA) is 99.5 Å². The fourth-order valence-electron chi connectivity index (χ4n) is 2.41. The number of aromatic nitrogens is 1. The number of pyridine rings is 1. The van der Waals surface area contributed by atoms with Crippen molar-refractivity contribution >= 4 is 33.7 Å². The average Bonchev–Trinajstić information content (AvgIpc) is 2.72. The number of nitrogens with zero attached hydrogens (tertiary/aromatic N) is 2. The van der Waals surface area contributed by atoms with Gasteiger partial charge in [-0.2, -0.15) is 0 Å². The van der Waals surface area contributed by atoms with Crippen LogP contribution in [0.15, 0.2) is 65.3 Å². The third-order valence-electron chi connectivity index (χ3n) is 4.29. The molecule has 2 rings (SSSR count). The molecule has 0 saturated carbocycles. The number of likely N-dealkylation sites (N-methyl/N-ethyl adjacent to an activating group) is 1. The summed E-state index contributed by atoms with van der Waals surface area (Å²) in [4.78, 5) is 23.6. The Hall–Kier alpha value is -2.55. The maximum absolute atomic E-state index is 9.55. The third kappa shape index (κ3) is 9.98. The summed E-state index contributed by atoms with van der Waals surface area (Å²) in [6.45, 7) is 6.15. The lowest BCUT2D eigenvalue weighted by molar-refractivity contribution is -0.134. The van der Waals surface area contributed by atoms with E-state index in [9.17, 15) is 9.59 Å². The number of carboxylic acid groups (broad SMARTS) is 2. The van der Waals surface area contributed by atoms with Gasteiger partial charge in [-0.05, 0) is 30.7 Å². The minimum atomic E-state index is -1.26. The number of rotatable bonds is 9. The molecule has 0 bridgehead atoms. The van der Waals surface area contributed by atoms with Crippen molar-refractivity contribution in [3.8, 4) is 0 Å². The molecule has 0 radical (unpaired) electrons. The highest BCUT2D eigenvalue weighted by Gasteiger charge is 2.23. The molecule has 0 aliphatic heterocycles. The Balaban J connectivity index is 0.000000447. The standard InChI is InChI=1S/C17H23BrN3.C4H4O4/c1-3-21(2,17-6-4-5-11-20-17)13-12-19-14-15-7-9-16(18)10-8-15;5-3(6)1-2-4(7)8/h4-11,19H,3,12-14H2,1-2H3;1-2H,(H,5,6)(H,7,8)/q+1;/b;2-1-. The predicted octanol–water partition coefficient (Wildman–Crippen LogP) is 3.30. The minimum Gasteiger partial charge on any atom is -0.478 e. The summed E-state index contributed by atoms with van der Waals surface area (Å²) in [7, 11) is 2.24. The normalized spacial score (nSPS) is 12.7. The van der Waals surface area contributed by atoms with Crippen molar-refractivity contribution < 1.29 is 19.8 Å². The highest BCUT2D eigenvalue weighted by molar-refractivity contribution is 9.10. The Morgan fingerprint density at radius 2 is 1.72 bits per heavy atom. The van der Waals surface area contributed by atoms with Gasteiger partial charge in [0.05, 0.1) is 20.1 Å². The molecule has 7 nitrogen and oxygen atoms in total. The van der Waals surface area contributed by atoms with Crippen LogP contribution in [-0.4, -0.2) is 53.8 Å². The van der Waals surface area contributed by atoms with Crippen LogP contribution < -0.4 is 9.80 Å². The molecule has 0 fully saturated rings. The molecular weight excluding hydrogens is 438 g/mol. The number of halogens is 1. The summed E-state index contributed by atoms with van der Waals surface area (Å²) in [5.74, 6) is -1.38. The molecule has 0 amide bonds. The zero-order valence-electron chi connectivity index (χ0n) is 16.6. The van der Waals surface area contributed by atoms with Gasteiger partial charge in [-0.3, -0.25) is 4.48 Å². The molecule has 0 aliphatic rings. The molecule has 0 saturated heterocycles. The molecule has 29 heavy (non-hydrogen) atoms. The molecule has 1 atom stereocenters. The Kier molecular flexibility index (Phi) is 10.8. The summed E-state index contributed by atoms with van der Waals surface area (Å²) in [6, 6.07) is 14.6. The van der Waals surface area contributed by atoms with Crippen LogP contribution in [0.5, 0.6) is 0 Å². The quantitative estimate of drug-likeness (QED) is 0.299. The Bertz CT molecular complexity index is 781. The summed E-state index contributed by atoms with van der Waals surface area (Å²) in [5.41, 5.74) is 1.31. The molecule has 2 aromatic rings. The van der Waals surface area contributed by atoms with Crippen molar-refractivity contribution in [2.75, 3.05) is 26.7 Å². The second kappa shape index (κ2) is 12.8. The predicted molar refractivity (Wildman–Crippen MR) is 118 cm³/mol. The largest absolute Gasteiger partial charge is 0.478 e. The van der Waals surface area contributed by atoms with Gasteiger partial charge in [0.15, 0.2) is 0 Å². The Morgan fingerprint density at radius 1 is 1.10 bits per heavy atom. The van der Waals surface area contributed by atoms with Gasteiger partial charge in [-0.1, -0.05) is 34.1 Å². The van der Waals surface area contributed by atoms with Gasteiger partial charge >= 0.3 is 11.9 Å². The van der Waals surface area contributed by atoms with E-state index < -0.39 is 11.9 Å². The van der Waals surface area contributed by atoms with Crippen LogP contribution in [0.4, 0.5) is 5.82 Å². The summed E-state index contributed by atoms with van der Waals surface area (Å²) < 4.78 is 1.98. The zero-order valence-corrected chi connectivity index (χ0v) is 18.2. The number of carboxylic acids is 2. The maximum atomic E-state index is 9.55. The smallest absolute Gasteiger partial charge is 0.328 e. The number of hydrogen-bond donors (Lipinski definition) is 3. The molecule has 1 unspecified atom stereocenters. The Labute approximate surface area is 179 Å². The lowest BCUT2D eigenvalue weighted by Crippen LogP contribution is -2.49. The fourth-order valence-corrected chi connectivity index (χ4v) is 2.68.